The summed E-state index contributed by atoms with van der Waals surface area (Å²) < 4.78 is 10.2. The van der Waals surface area contributed by atoms with E-state index in [1.54, 1.807) is 20.8 Å². The molecule has 0 bridgehead atoms. The molecule has 34 heavy (non-hydrogen) atoms. The average molecular weight is 484 g/mol. The second kappa shape index (κ2) is 10.9. The Morgan fingerprint density at radius 3 is 2.35 bits per heavy atom. The number of rotatable bonds is 4. The molecule has 0 aromatic heterocycles. The lowest BCUT2D eigenvalue weighted by atomic mass is 10.1. The van der Waals surface area contributed by atoms with E-state index in [2.05, 4.69) is 10.6 Å². The molecule has 192 valence electrons. The minimum Gasteiger partial charge on any atom is -0.467 e. The van der Waals surface area contributed by atoms with Crippen LogP contribution in [0.15, 0.2) is 0 Å². The van der Waals surface area contributed by atoms with Crippen molar-refractivity contribution in [3.05, 3.63) is 0 Å². The Morgan fingerprint density at radius 2 is 1.79 bits per heavy atom. The van der Waals surface area contributed by atoms with E-state index in [0.29, 0.717) is 25.8 Å². The summed E-state index contributed by atoms with van der Waals surface area (Å²) >= 11 is 0. The number of esters is 1. The van der Waals surface area contributed by atoms with Gasteiger partial charge in [-0.15, -0.1) is 0 Å². The van der Waals surface area contributed by atoms with Gasteiger partial charge in [-0.25, -0.2) is 14.4 Å². The normalized spacial score (nSPS) is 23.7. The number of carbonyl (C=O) groups is 5. The molecule has 2 saturated heterocycles. The van der Waals surface area contributed by atoms with E-state index in [-0.39, 0.29) is 18.6 Å². The Labute approximate surface area is 200 Å². The zero-order valence-corrected chi connectivity index (χ0v) is 21.0. The monoisotopic (exact) mass is 483 g/mol. The van der Waals surface area contributed by atoms with Crippen molar-refractivity contribution in [3.63, 3.8) is 0 Å². The standard InChI is InChI=1S/C22H37N5O7/c1-13(25(6)21(32)34-22(2,3)4)17(28)24-15-12-26(20(31)23-5)11-10-14-8-9-16(19(30)33-7)27(14)18(15)29/h13-16H,8-12H2,1-7H3,(H,23,31)(H,24,28)/t13-,14+,15-,16-/m0/s1. The largest absolute Gasteiger partial charge is 0.467 e. The van der Waals surface area contributed by atoms with Crippen LogP contribution in [0.5, 0.6) is 0 Å². The Hall–Kier alpha value is -3.05. The van der Waals surface area contributed by atoms with Crippen molar-refractivity contribution < 1.29 is 33.4 Å². The van der Waals surface area contributed by atoms with Crippen LogP contribution in [0.25, 0.3) is 0 Å². The minimum atomic E-state index is -1.10. The average Bonchev–Trinajstić information content (AvgIpc) is 3.19. The molecule has 0 unspecified atom stereocenters. The summed E-state index contributed by atoms with van der Waals surface area (Å²) in [4.78, 5) is 67.8. The van der Waals surface area contributed by atoms with Crippen molar-refractivity contribution in [1.29, 1.82) is 0 Å². The third kappa shape index (κ3) is 6.29. The fraction of sp³-hybridized carbons (Fsp3) is 0.773. The molecular formula is C22H37N5O7. The van der Waals surface area contributed by atoms with E-state index in [1.165, 1.54) is 37.9 Å². The maximum absolute atomic E-state index is 13.6. The SMILES string of the molecule is CNC(=O)N1CC[C@H]2CC[C@@H](C(=O)OC)N2C(=O)[C@@H](NC(=O)[C@H](C)N(C)C(=O)OC(C)(C)C)C1. The molecule has 12 heteroatoms. The molecule has 0 saturated carbocycles. The van der Waals surface area contributed by atoms with E-state index in [0.717, 1.165) is 4.90 Å². The summed E-state index contributed by atoms with van der Waals surface area (Å²) in [6.45, 7) is 6.93. The van der Waals surface area contributed by atoms with Crippen LogP contribution >= 0.6 is 0 Å². The Morgan fingerprint density at radius 1 is 1.15 bits per heavy atom. The number of urea groups is 1. The molecule has 2 aliphatic heterocycles. The zero-order chi connectivity index (χ0) is 25.8. The Balaban J connectivity index is 2.26. The van der Waals surface area contributed by atoms with Crippen LogP contribution in [0.2, 0.25) is 0 Å². The molecule has 0 aromatic carbocycles. The molecule has 2 aliphatic rings. The summed E-state index contributed by atoms with van der Waals surface area (Å²) in [5.41, 5.74) is -0.737. The van der Waals surface area contributed by atoms with Crippen molar-refractivity contribution in [3.8, 4) is 0 Å². The summed E-state index contributed by atoms with van der Waals surface area (Å²) in [6, 6.07) is -3.43. The summed E-state index contributed by atoms with van der Waals surface area (Å²) in [7, 11) is 4.19. The Kier molecular flexibility index (Phi) is 8.73. The van der Waals surface area contributed by atoms with Crippen LogP contribution in [0.4, 0.5) is 9.59 Å². The van der Waals surface area contributed by atoms with E-state index in [4.69, 9.17) is 9.47 Å². The number of carbonyl (C=O) groups excluding carboxylic acids is 5. The van der Waals surface area contributed by atoms with Crippen molar-refractivity contribution in [2.45, 2.75) is 76.7 Å². The molecule has 2 rings (SSSR count). The molecule has 5 amide bonds. The van der Waals surface area contributed by atoms with Gasteiger partial charge in [0.15, 0.2) is 0 Å². The second-order valence-electron chi connectivity index (χ2n) is 9.63. The highest BCUT2D eigenvalue weighted by atomic mass is 16.6. The maximum Gasteiger partial charge on any atom is 0.410 e. The smallest absolute Gasteiger partial charge is 0.410 e. The molecular weight excluding hydrogens is 446 g/mol. The highest BCUT2D eigenvalue weighted by Gasteiger charge is 2.46. The van der Waals surface area contributed by atoms with E-state index >= 15 is 0 Å². The first kappa shape index (κ1) is 27.2. The quantitative estimate of drug-likeness (QED) is 0.549. The minimum absolute atomic E-state index is 0.0791. The van der Waals surface area contributed by atoms with Crippen LogP contribution in [0.3, 0.4) is 0 Å². The van der Waals surface area contributed by atoms with Gasteiger partial charge < -0.3 is 29.9 Å². The fourth-order valence-electron chi connectivity index (χ4n) is 4.15. The number of nitrogens with one attached hydrogen (secondary N) is 2. The molecule has 0 aromatic rings. The van der Waals surface area contributed by atoms with Gasteiger partial charge in [0.25, 0.3) is 0 Å². The van der Waals surface area contributed by atoms with Crippen LogP contribution < -0.4 is 10.6 Å². The first-order valence-corrected chi connectivity index (χ1v) is 11.4. The van der Waals surface area contributed by atoms with Gasteiger partial charge in [0.05, 0.1) is 13.7 Å². The van der Waals surface area contributed by atoms with E-state index in [1.807, 2.05) is 0 Å². The van der Waals surface area contributed by atoms with Gasteiger partial charge in [0.1, 0.15) is 23.7 Å². The van der Waals surface area contributed by atoms with Gasteiger partial charge >= 0.3 is 18.1 Å². The van der Waals surface area contributed by atoms with E-state index < -0.39 is 47.6 Å². The maximum atomic E-state index is 13.6. The molecule has 0 spiro atoms. The van der Waals surface area contributed by atoms with Gasteiger partial charge in [-0.05, 0) is 47.0 Å². The number of likely N-dealkylation sites (N-methyl/N-ethyl adjacent to an activating group) is 1. The Bertz CT molecular complexity index is 812. The zero-order valence-electron chi connectivity index (χ0n) is 21.0. The first-order valence-electron chi connectivity index (χ1n) is 11.4. The molecule has 0 aliphatic carbocycles. The second-order valence-corrected chi connectivity index (χ2v) is 9.63. The van der Waals surface area contributed by atoms with Crippen LogP contribution in [-0.4, -0.2) is 109 Å². The number of hydrogen-bond acceptors (Lipinski definition) is 7. The highest BCUT2D eigenvalue weighted by Crippen LogP contribution is 2.30. The van der Waals surface area contributed by atoms with Gasteiger partial charge in [0.2, 0.25) is 11.8 Å². The first-order chi connectivity index (χ1) is 15.8. The van der Waals surface area contributed by atoms with Crippen molar-refractivity contribution in [2.24, 2.45) is 0 Å². The molecule has 2 N–H and O–H groups in total. The number of ether oxygens (including phenoxy) is 2. The molecule has 4 atom stereocenters. The lowest BCUT2D eigenvalue weighted by Crippen LogP contribution is -2.62. The summed E-state index contributed by atoms with van der Waals surface area (Å²) in [6.07, 6.45) is 0.856. The third-order valence-electron chi connectivity index (χ3n) is 6.12. The van der Waals surface area contributed by atoms with Crippen molar-refractivity contribution in [2.75, 3.05) is 34.3 Å². The molecule has 2 heterocycles. The van der Waals surface area contributed by atoms with Gasteiger partial charge in [-0.1, -0.05) is 0 Å². The van der Waals surface area contributed by atoms with Gasteiger partial charge in [-0.2, -0.15) is 0 Å². The lowest BCUT2D eigenvalue weighted by molar-refractivity contribution is -0.154. The summed E-state index contributed by atoms with van der Waals surface area (Å²) in [5, 5.41) is 5.23. The molecule has 12 nitrogen and oxygen atoms in total. The van der Waals surface area contributed by atoms with E-state index in [9.17, 15) is 24.0 Å². The number of fused-ring (bicyclic) bond motifs is 1. The summed E-state index contributed by atoms with van der Waals surface area (Å²) in [5.74, 6) is -1.57. The van der Waals surface area contributed by atoms with Gasteiger partial charge in [-0.3, -0.25) is 14.5 Å². The molecule has 2 fully saturated rings. The number of hydrogen-bond donors (Lipinski definition) is 2. The number of nitrogens with zero attached hydrogens (tertiary/aromatic N) is 3. The predicted octanol–water partition coefficient (Wildman–Crippen LogP) is 0.304. The van der Waals surface area contributed by atoms with Crippen molar-refractivity contribution >= 4 is 29.9 Å². The predicted molar refractivity (Wildman–Crippen MR) is 122 cm³/mol. The highest BCUT2D eigenvalue weighted by molar-refractivity contribution is 5.94. The lowest BCUT2D eigenvalue weighted by Gasteiger charge is -2.38. The van der Waals surface area contributed by atoms with Gasteiger partial charge in [0, 0.05) is 26.7 Å². The number of amides is 5. The van der Waals surface area contributed by atoms with Crippen molar-refractivity contribution in [1.82, 2.24) is 25.3 Å². The van der Waals surface area contributed by atoms with Crippen LogP contribution in [0, 0.1) is 0 Å². The van der Waals surface area contributed by atoms with Crippen LogP contribution in [-0.2, 0) is 23.9 Å². The van der Waals surface area contributed by atoms with Crippen LogP contribution in [0.1, 0.15) is 47.0 Å². The third-order valence-corrected chi connectivity index (χ3v) is 6.12. The topological polar surface area (TPSA) is 138 Å². The molecule has 0 radical (unpaired) electrons. The fourth-order valence-corrected chi connectivity index (χ4v) is 4.15. The number of methoxy groups -OCH3 is 1.